The number of amides is 1. The van der Waals surface area contributed by atoms with Crippen LogP contribution >= 0.6 is 0 Å². The van der Waals surface area contributed by atoms with E-state index in [2.05, 4.69) is 5.32 Å². The predicted molar refractivity (Wildman–Crippen MR) is 164 cm³/mol. The highest BCUT2D eigenvalue weighted by molar-refractivity contribution is 5.83. The lowest BCUT2D eigenvalue weighted by Crippen LogP contribution is -2.40. The van der Waals surface area contributed by atoms with Crippen molar-refractivity contribution < 1.29 is 22.8 Å². The lowest BCUT2D eigenvalue weighted by atomic mass is 9.92. The van der Waals surface area contributed by atoms with Crippen molar-refractivity contribution in [2.24, 2.45) is 5.92 Å². The molecule has 1 N–H and O–H groups in total. The fourth-order valence-corrected chi connectivity index (χ4v) is 5.42. The zero-order valence-corrected chi connectivity index (χ0v) is 26.0. The van der Waals surface area contributed by atoms with Crippen LogP contribution in [0.25, 0.3) is 11.1 Å². The van der Waals surface area contributed by atoms with E-state index >= 15 is 0 Å². The zero-order valence-electron chi connectivity index (χ0n) is 26.0. The summed E-state index contributed by atoms with van der Waals surface area (Å²) in [5.41, 5.74) is 2.97. The molecule has 1 unspecified atom stereocenters. The number of carbonyl (C=O) groups excluding carboxylic acids is 2. The number of carbonyl (C=O) groups is 2. The molecule has 232 valence electrons. The highest BCUT2D eigenvalue weighted by Crippen LogP contribution is 2.33. The number of hydrogen-bond donors (Lipinski definition) is 1. The van der Waals surface area contributed by atoms with Crippen molar-refractivity contribution in [3.05, 3.63) is 92.9 Å². The molecule has 1 amide bonds. The summed E-state index contributed by atoms with van der Waals surface area (Å²) in [6.07, 6.45) is -3.23. The van der Waals surface area contributed by atoms with E-state index in [1.807, 2.05) is 70.2 Å². The maximum absolute atomic E-state index is 13.9. The monoisotopic (exact) mass is 597 g/mol. The molecule has 0 aliphatic rings. The Morgan fingerprint density at radius 1 is 1.00 bits per heavy atom. The molecule has 9 heteroatoms. The second-order valence-corrected chi connectivity index (χ2v) is 12.0. The Hall–Kier alpha value is -3.72. The zero-order chi connectivity index (χ0) is 32.1. The van der Waals surface area contributed by atoms with Crippen molar-refractivity contribution in [1.29, 1.82) is 0 Å². The normalized spacial score (nSPS) is 13.3. The van der Waals surface area contributed by atoms with Gasteiger partial charge in [0.25, 0.3) is 5.56 Å². The van der Waals surface area contributed by atoms with Crippen LogP contribution in [0.1, 0.15) is 73.5 Å². The molecule has 0 saturated carbocycles. The molecule has 0 saturated heterocycles. The van der Waals surface area contributed by atoms with Gasteiger partial charge in [-0.05, 0) is 93.1 Å². The first kappa shape index (κ1) is 33.8. The van der Waals surface area contributed by atoms with E-state index < -0.39 is 35.3 Å². The van der Waals surface area contributed by atoms with Gasteiger partial charge in [0.1, 0.15) is 11.8 Å². The van der Waals surface area contributed by atoms with Crippen molar-refractivity contribution in [3.8, 4) is 11.1 Å². The molecule has 6 nitrogen and oxygen atoms in total. The van der Waals surface area contributed by atoms with Gasteiger partial charge in [0.2, 0.25) is 5.91 Å². The molecule has 0 bridgehead atoms. The maximum Gasteiger partial charge on any atom is 0.416 e. The van der Waals surface area contributed by atoms with Crippen LogP contribution in [-0.4, -0.2) is 41.8 Å². The van der Waals surface area contributed by atoms with E-state index in [1.54, 1.807) is 19.0 Å². The van der Waals surface area contributed by atoms with E-state index in [4.69, 9.17) is 0 Å². The van der Waals surface area contributed by atoms with Gasteiger partial charge < -0.3 is 14.8 Å². The number of aromatic nitrogens is 1. The molecule has 0 aliphatic heterocycles. The minimum atomic E-state index is -4.71. The molecule has 43 heavy (non-hydrogen) atoms. The SMILES string of the molecule is CC(=O)C[C@H](NC(=O)C(CC(C)C)n1cc(CCN(C)C)c(C(F)(F)F)cc1=O)c1cccc(-c2c(C)cccc2C)c1. The first-order chi connectivity index (χ1) is 20.1. The fourth-order valence-electron chi connectivity index (χ4n) is 5.42. The summed E-state index contributed by atoms with van der Waals surface area (Å²) in [6, 6.07) is 12.5. The number of Topliss-reactive ketones (excluding diaryl/α,β-unsaturated/α-hetero) is 1. The summed E-state index contributed by atoms with van der Waals surface area (Å²) in [5.74, 6) is -0.715. The molecular formula is C34H42F3N3O3. The van der Waals surface area contributed by atoms with Gasteiger partial charge in [0.05, 0.1) is 11.6 Å². The Morgan fingerprint density at radius 2 is 1.63 bits per heavy atom. The number of nitrogens with one attached hydrogen (secondary N) is 1. The van der Waals surface area contributed by atoms with E-state index in [0.717, 1.165) is 32.4 Å². The Balaban J connectivity index is 2.06. The van der Waals surface area contributed by atoms with E-state index in [9.17, 15) is 27.6 Å². The summed E-state index contributed by atoms with van der Waals surface area (Å²) >= 11 is 0. The summed E-state index contributed by atoms with van der Waals surface area (Å²) in [7, 11) is 3.51. The smallest absolute Gasteiger partial charge is 0.347 e. The van der Waals surface area contributed by atoms with Crippen LogP contribution in [0.2, 0.25) is 0 Å². The molecule has 2 atom stereocenters. The Kier molecular flexibility index (Phi) is 11.1. The first-order valence-electron chi connectivity index (χ1n) is 14.5. The van der Waals surface area contributed by atoms with Crippen molar-refractivity contribution in [3.63, 3.8) is 0 Å². The van der Waals surface area contributed by atoms with Crippen molar-refractivity contribution in [2.75, 3.05) is 20.6 Å². The molecule has 0 fully saturated rings. The number of ketones is 1. The molecule has 1 heterocycles. The van der Waals surface area contributed by atoms with Crippen LogP contribution in [0.4, 0.5) is 13.2 Å². The highest BCUT2D eigenvalue weighted by atomic mass is 19.4. The van der Waals surface area contributed by atoms with Gasteiger partial charge in [0.15, 0.2) is 0 Å². The maximum atomic E-state index is 13.9. The second-order valence-electron chi connectivity index (χ2n) is 12.0. The number of nitrogens with zero attached hydrogens (tertiary/aromatic N) is 2. The number of benzene rings is 2. The van der Waals surface area contributed by atoms with Crippen molar-refractivity contribution >= 4 is 11.7 Å². The topological polar surface area (TPSA) is 71.4 Å². The minimum absolute atomic E-state index is 0.0202. The van der Waals surface area contributed by atoms with E-state index in [1.165, 1.54) is 13.1 Å². The molecule has 0 spiro atoms. The molecular weight excluding hydrogens is 555 g/mol. The van der Waals surface area contributed by atoms with Crippen LogP contribution < -0.4 is 10.9 Å². The fraction of sp³-hybridized carbons (Fsp3) is 0.441. The van der Waals surface area contributed by atoms with Crippen LogP contribution in [0.3, 0.4) is 0 Å². The summed E-state index contributed by atoms with van der Waals surface area (Å²) < 4.78 is 42.7. The minimum Gasteiger partial charge on any atom is -0.347 e. The van der Waals surface area contributed by atoms with Crippen LogP contribution in [0.15, 0.2) is 59.5 Å². The molecule has 3 aromatic rings. The Morgan fingerprint density at radius 3 is 2.19 bits per heavy atom. The molecule has 1 aromatic heterocycles. The number of hydrogen-bond acceptors (Lipinski definition) is 4. The third kappa shape index (κ3) is 8.89. The van der Waals surface area contributed by atoms with E-state index in [-0.39, 0.29) is 36.5 Å². The number of pyridine rings is 1. The quantitative estimate of drug-likeness (QED) is 0.253. The van der Waals surface area contributed by atoms with E-state index in [0.29, 0.717) is 12.6 Å². The predicted octanol–water partition coefficient (Wildman–Crippen LogP) is 6.68. The molecule has 0 aliphatic carbocycles. The number of alkyl halides is 3. The average molecular weight is 598 g/mol. The van der Waals surface area contributed by atoms with Crippen LogP contribution in [0.5, 0.6) is 0 Å². The van der Waals surface area contributed by atoms with Gasteiger partial charge in [-0.2, -0.15) is 13.2 Å². The second kappa shape index (κ2) is 14.2. The number of aryl methyl sites for hydroxylation is 2. The van der Waals surface area contributed by atoms with Crippen LogP contribution in [-0.2, 0) is 22.2 Å². The lowest BCUT2D eigenvalue weighted by molar-refractivity contribution is -0.138. The summed E-state index contributed by atoms with van der Waals surface area (Å²) in [5, 5.41) is 2.97. The Labute approximate surface area is 251 Å². The van der Waals surface area contributed by atoms with Gasteiger partial charge in [-0.15, -0.1) is 0 Å². The highest BCUT2D eigenvalue weighted by Gasteiger charge is 2.35. The first-order valence-corrected chi connectivity index (χ1v) is 14.5. The molecule has 0 radical (unpaired) electrons. The van der Waals surface area contributed by atoms with Crippen LogP contribution in [0, 0.1) is 19.8 Å². The van der Waals surface area contributed by atoms with Crippen molar-refractivity contribution in [1.82, 2.24) is 14.8 Å². The van der Waals surface area contributed by atoms with Gasteiger partial charge in [-0.1, -0.05) is 50.2 Å². The third-order valence-corrected chi connectivity index (χ3v) is 7.50. The van der Waals surface area contributed by atoms with Gasteiger partial charge in [-0.25, -0.2) is 0 Å². The lowest BCUT2D eigenvalue weighted by Gasteiger charge is -2.26. The molecule has 3 rings (SSSR count). The number of likely N-dealkylation sites (N-methyl/N-ethyl adjacent to an activating group) is 1. The molecule has 2 aromatic carbocycles. The Bertz CT molecular complexity index is 1490. The summed E-state index contributed by atoms with van der Waals surface area (Å²) in [6.45, 7) is 9.58. The van der Waals surface area contributed by atoms with Gasteiger partial charge in [0, 0.05) is 25.2 Å². The van der Waals surface area contributed by atoms with Gasteiger partial charge in [-0.3, -0.25) is 14.4 Å². The number of halogens is 3. The number of rotatable bonds is 12. The third-order valence-electron chi connectivity index (χ3n) is 7.50. The standard InChI is InChI=1S/C34H42F3N3O3/c1-21(2)16-30(40-20-27(14-15-39(6)7)28(19-31(40)42)34(35,36)37)33(43)38-29(17-24(5)41)25-12-9-13-26(18-25)32-22(3)10-8-11-23(32)4/h8-13,18-21,29-30H,14-17H2,1-7H3,(H,38,43)/t29-,30?/m0/s1. The van der Waals surface area contributed by atoms with Gasteiger partial charge >= 0.3 is 6.18 Å². The largest absolute Gasteiger partial charge is 0.416 e. The van der Waals surface area contributed by atoms with Crippen molar-refractivity contribution in [2.45, 2.75) is 72.1 Å². The summed E-state index contributed by atoms with van der Waals surface area (Å²) in [4.78, 5) is 41.1. The average Bonchev–Trinajstić information content (AvgIpc) is 2.89.